The second kappa shape index (κ2) is 8.86. The molecule has 10 nitrogen and oxygen atoms in total. The monoisotopic (exact) mass is 462 g/mol. The predicted octanol–water partition coefficient (Wildman–Crippen LogP) is 2.76. The lowest BCUT2D eigenvalue weighted by Crippen LogP contribution is -2.13. The van der Waals surface area contributed by atoms with Gasteiger partial charge in [0, 0.05) is 33.0 Å². The lowest BCUT2D eigenvalue weighted by molar-refractivity contribution is 0.0701. The van der Waals surface area contributed by atoms with Gasteiger partial charge in [-0.05, 0) is 24.6 Å². The van der Waals surface area contributed by atoms with E-state index in [0.29, 0.717) is 29.0 Å². The van der Waals surface area contributed by atoms with Crippen LogP contribution in [0.5, 0.6) is 0 Å². The predicted molar refractivity (Wildman–Crippen MR) is 120 cm³/mol. The molecule has 0 amide bonds. The Morgan fingerprint density at radius 3 is 2.39 bits per heavy atom. The zero-order valence-corrected chi connectivity index (χ0v) is 19.0. The summed E-state index contributed by atoms with van der Waals surface area (Å²) in [7, 11) is 0.446. The second-order valence-corrected chi connectivity index (χ2v) is 9.98. The van der Waals surface area contributed by atoms with E-state index in [0.717, 1.165) is 16.9 Å². The second-order valence-electron chi connectivity index (χ2n) is 6.96. The smallest absolute Gasteiger partial charge is 0.347 e. The van der Waals surface area contributed by atoms with Crippen molar-refractivity contribution in [3.8, 4) is 0 Å². The summed E-state index contributed by atoms with van der Waals surface area (Å²) in [4.78, 5) is 26.5. The van der Waals surface area contributed by atoms with Crippen molar-refractivity contribution in [2.75, 3.05) is 35.9 Å². The molecule has 12 heteroatoms. The van der Waals surface area contributed by atoms with E-state index < -0.39 is 15.8 Å². The fraction of sp³-hybridized carbons (Fsp3) is 0.263. The van der Waals surface area contributed by atoms with E-state index in [2.05, 4.69) is 25.6 Å². The largest absolute Gasteiger partial charge is 0.477 e. The Hall–Kier alpha value is -3.25. The maximum atomic E-state index is 11.6. The van der Waals surface area contributed by atoms with Crippen LogP contribution in [0.1, 0.15) is 20.9 Å². The number of hydrogen-bond donors (Lipinski definition) is 3. The van der Waals surface area contributed by atoms with Crippen molar-refractivity contribution in [2.45, 2.75) is 18.4 Å². The summed E-state index contributed by atoms with van der Waals surface area (Å²) >= 11 is 1.01. The number of aromatic nitrogens is 3. The summed E-state index contributed by atoms with van der Waals surface area (Å²) in [6, 6.07) is 8.38. The maximum Gasteiger partial charge on any atom is 0.347 e. The first-order valence-corrected chi connectivity index (χ1v) is 11.8. The van der Waals surface area contributed by atoms with Crippen LogP contribution < -0.4 is 15.5 Å². The molecule has 3 rings (SSSR count). The van der Waals surface area contributed by atoms with Gasteiger partial charge in [-0.25, -0.2) is 18.2 Å². The molecule has 3 N–H and O–H groups in total. The van der Waals surface area contributed by atoms with Gasteiger partial charge in [0.2, 0.25) is 5.95 Å². The first-order chi connectivity index (χ1) is 14.5. The summed E-state index contributed by atoms with van der Waals surface area (Å²) in [5.74, 6) is 0.418. The highest BCUT2D eigenvalue weighted by Gasteiger charge is 2.15. The van der Waals surface area contributed by atoms with Crippen molar-refractivity contribution >= 4 is 49.9 Å². The number of carboxylic acids is 1. The van der Waals surface area contributed by atoms with E-state index in [9.17, 15) is 18.3 Å². The molecule has 0 aliphatic carbocycles. The Balaban J connectivity index is 1.80. The number of thiazole rings is 1. The molecule has 3 aromatic rings. The van der Waals surface area contributed by atoms with Crippen molar-refractivity contribution in [3.05, 3.63) is 46.5 Å². The molecular formula is C19H22N6O4S2. The molecule has 0 fully saturated rings. The van der Waals surface area contributed by atoms with Gasteiger partial charge in [0.1, 0.15) is 16.5 Å². The molecule has 1 aromatic carbocycles. The molecule has 0 unspecified atom stereocenters. The molecule has 0 saturated carbocycles. The van der Waals surface area contributed by atoms with Gasteiger partial charge in [-0.15, -0.1) is 0 Å². The third-order valence-corrected chi connectivity index (χ3v) is 6.39. The normalized spacial score (nSPS) is 11.2. The topological polar surface area (TPSA) is 137 Å². The molecule has 0 saturated heterocycles. The Morgan fingerprint density at radius 2 is 1.84 bits per heavy atom. The zero-order chi connectivity index (χ0) is 22.8. The van der Waals surface area contributed by atoms with Gasteiger partial charge in [0.15, 0.2) is 15.0 Å². The van der Waals surface area contributed by atoms with Crippen molar-refractivity contribution in [3.63, 3.8) is 0 Å². The minimum Gasteiger partial charge on any atom is -0.477 e. The molecule has 2 heterocycles. The fourth-order valence-corrected chi connectivity index (χ4v) is 4.03. The third-order valence-electron chi connectivity index (χ3n) is 4.21. The first-order valence-electron chi connectivity index (χ1n) is 9.10. The number of carboxylic acid groups (broad SMARTS) is 1. The van der Waals surface area contributed by atoms with Crippen LogP contribution >= 0.6 is 11.3 Å². The van der Waals surface area contributed by atoms with Crippen LogP contribution in [0.4, 0.5) is 22.7 Å². The van der Waals surface area contributed by atoms with Crippen molar-refractivity contribution < 1.29 is 18.3 Å². The molecule has 0 atom stereocenters. The minimum absolute atomic E-state index is 0.155. The fourth-order valence-electron chi connectivity index (χ4n) is 2.60. The van der Waals surface area contributed by atoms with Crippen LogP contribution in [-0.2, 0) is 16.4 Å². The molecule has 0 aliphatic rings. The summed E-state index contributed by atoms with van der Waals surface area (Å²) in [5, 5.41) is 15.8. The van der Waals surface area contributed by atoms with Crippen LogP contribution in [0.25, 0.3) is 0 Å². The van der Waals surface area contributed by atoms with E-state index >= 15 is 0 Å². The van der Waals surface area contributed by atoms with Crippen LogP contribution in [0.2, 0.25) is 0 Å². The van der Waals surface area contributed by atoms with E-state index in [1.54, 1.807) is 37.3 Å². The lowest BCUT2D eigenvalue weighted by atomic mass is 10.2. The van der Waals surface area contributed by atoms with E-state index in [4.69, 9.17) is 0 Å². The number of rotatable bonds is 8. The van der Waals surface area contributed by atoms with Crippen LogP contribution in [-0.4, -0.2) is 54.8 Å². The van der Waals surface area contributed by atoms with Gasteiger partial charge < -0.3 is 15.3 Å². The Bertz CT molecular complexity index is 1210. The van der Waals surface area contributed by atoms with Crippen molar-refractivity contribution in [1.29, 1.82) is 0 Å². The Labute approximate surface area is 183 Å². The van der Waals surface area contributed by atoms with Gasteiger partial charge in [0.05, 0.1) is 10.6 Å². The van der Waals surface area contributed by atoms with Crippen LogP contribution in [0, 0.1) is 6.92 Å². The number of sulfone groups is 1. The SMILES string of the molecule is Cc1nc(Nc2nc(NCc3ccc(S(C)(=O)=O)cc3)cc(N(C)C)n2)sc1C(=O)O. The standard InChI is InChI=1S/C19H22N6O4S2/c1-11-16(17(26)27)30-19(21-11)24-18-22-14(9-15(23-18)25(2)3)20-10-12-5-7-13(8-6-12)31(4,28)29/h5-9H,10H2,1-4H3,(H,26,27)(H2,20,21,22,23,24). The number of nitrogens with one attached hydrogen (secondary N) is 2. The number of anilines is 4. The van der Waals surface area contributed by atoms with E-state index in [1.807, 2.05) is 19.0 Å². The lowest BCUT2D eigenvalue weighted by Gasteiger charge is -2.15. The molecule has 31 heavy (non-hydrogen) atoms. The van der Waals surface area contributed by atoms with Gasteiger partial charge in [-0.2, -0.15) is 9.97 Å². The Morgan fingerprint density at radius 1 is 1.16 bits per heavy atom. The summed E-state index contributed by atoms with van der Waals surface area (Å²) < 4.78 is 23.2. The first kappa shape index (κ1) is 22.4. The number of hydrogen-bond acceptors (Lipinski definition) is 10. The number of benzene rings is 1. The highest BCUT2D eigenvalue weighted by atomic mass is 32.2. The zero-order valence-electron chi connectivity index (χ0n) is 17.4. The van der Waals surface area contributed by atoms with Crippen LogP contribution in [0.3, 0.4) is 0 Å². The average molecular weight is 463 g/mol. The summed E-state index contributed by atoms with van der Waals surface area (Å²) in [6.07, 6.45) is 1.17. The number of carbonyl (C=O) groups is 1. The molecule has 164 valence electrons. The van der Waals surface area contributed by atoms with Crippen molar-refractivity contribution in [1.82, 2.24) is 15.0 Å². The maximum absolute atomic E-state index is 11.6. The molecule has 0 radical (unpaired) electrons. The molecular weight excluding hydrogens is 440 g/mol. The van der Waals surface area contributed by atoms with Gasteiger partial charge in [0.25, 0.3) is 0 Å². The highest BCUT2D eigenvalue weighted by molar-refractivity contribution is 7.90. The molecule has 0 bridgehead atoms. The average Bonchev–Trinajstić information content (AvgIpc) is 3.06. The third kappa shape index (κ3) is 5.67. The highest BCUT2D eigenvalue weighted by Crippen LogP contribution is 2.26. The van der Waals surface area contributed by atoms with Crippen LogP contribution in [0.15, 0.2) is 35.2 Å². The van der Waals surface area contributed by atoms with Gasteiger partial charge >= 0.3 is 5.97 Å². The number of aryl methyl sites for hydroxylation is 1. The number of aromatic carboxylic acids is 1. The summed E-state index contributed by atoms with van der Waals surface area (Å²) in [5.41, 5.74) is 1.30. The number of nitrogens with zero attached hydrogens (tertiary/aromatic N) is 4. The van der Waals surface area contributed by atoms with Gasteiger partial charge in [-0.1, -0.05) is 23.5 Å². The molecule has 0 aliphatic heterocycles. The minimum atomic E-state index is -3.24. The Kier molecular flexibility index (Phi) is 6.41. The molecule has 0 spiro atoms. The summed E-state index contributed by atoms with van der Waals surface area (Å²) in [6.45, 7) is 2.05. The molecule has 2 aromatic heterocycles. The van der Waals surface area contributed by atoms with E-state index in [-0.39, 0.29) is 15.7 Å². The quantitative estimate of drug-likeness (QED) is 0.458. The van der Waals surface area contributed by atoms with Crippen molar-refractivity contribution in [2.24, 2.45) is 0 Å². The van der Waals surface area contributed by atoms with E-state index in [1.165, 1.54) is 6.26 Å². The van der Waals surface area contributed by atoms with Gasteiger partial charge in [-0.3, -0.25) is 5.32 Å².